The van der Waals surface area contributed by atoms with E-state index in [1.807, 2.05) is 0 Å². The molecule has 0 saturated heterocycles. The van der Waals surface area contributed by atoms with Crippen molar-refractivity contribution in [2.24, 2.45) is 0 Å². The Balaban J connectivity index is 2.21. The van der Waals surface area contributed by atoms with Crippen molar-refractivity contribution in [1.29, 1.82) is 0 Å². The van der Waals surface area contributed by atoms with Gasteiger partial charge in [0, 0.05) is 13.0 Å². The first-order valence-corrected chi connectivity index (χ1v) is 9.78. The third-order valence-corrected chi connectivity index (χ3v) is 4.85. The zero-order valence-electron chi connectivity index (χ0n) is 14.8. The minimum atomic E-state index is -3.79. The van der Waals surface area contributed by atoms with Gasteiger partial charge < -0.3 is 10.1 Å². The molecule has 2 rings (SSSR count). The largest absolute Gasteiger partial charge is 0.465 e. The van der Waals surface area contributed by atoms with Crippen LogP contribution in [0.4, 0.5) is 15.8 Å². The van der Waals surface area contributed by atoms with Gasteiger partial charge in [-0.3, -0.25) is 9.10 Å². The monoisotopic (exact) mass is 394 g/mol. The number of hydrogen-bond donors (Lipinski definition) is 1. The molecule has 2 aromatic rings. The first-order chi connectivity index (χ1) is 12.7. The van der Waals surface area contributed by atoms with E-state index in [0.29, 0.717) is 0 Å². The van der Waals surface area contributed by atoms with E-state index >= 15 is 0 Å². The van der Waals surface area contributed by atoms with Crippen LogP contribution in [0.1, 0.15) is 16.8 Å². The van der Waals surface area contributed by atoms with Crippen molar-refractivity contribution in [3.05, 3.63) is 59.9 Å². The second-order valence-electron chi connectivity index (χ2n) is 5.62. The second-order valence-corrected chi connectivity index (χ2v) is 7.53. The van der Waals surface area contributed by atoms with Crippen molar-refractivity contribution in [2.45, 2.75) is 6.42 Å². The van der Waals surface area contributed by atoms with Crippen LogP contribution < -0.4 is 9.62 Å². The molecule has 0 bridgehead atoms. The van der Waals surface area contributed by atoms with Crippen molar-refractivity contribution >= 4 is 33.3 Å². The maximum Gasteiger partial charge on any atom is 0.340 e. The maximum absolute atomic E-state index is 13.6. The Morgan fingerprint density at radius 3 is 2.37 bits per heavy atom. The number of nitrogens with zero attached hydrogens (tertiary/aromatic N) is 1. The summed E-state index contributed by atoms with van der Waals surface area (Å²) in [6.07, 6.45) is 0.729. The number of amides is 1. The van der Waals surface area contributed by atoms with E-state index < -0.39 is 27.7 Å². The zero-order valence-corrected chi connectivity index (χ0v) is 15.6. The molecular formula is C18H19FN2O5S. The number of rotatable bonds is 7. The lowest BCUT2D eigenvalue weighted by atomic mass is 10.1. The molecule has 27 heavy (non-hydrogen) atoms. The minimum Gasteiger partial charge on any atom is -0.465 e. The zero-order chi connectivity index (χ0) is 20.0. The Hall–Kier alpha value is -2.94. The molecule has 0 spiro atoms. The van der Waals surface area contributed by atoms with Crippen molar-refractivity contribution in [1.82, 2.24) is 0 Å². The Bertz CT molecular complexity index is 946. The van der Waals surface area contributed by atoms with Crippen molar-refractivity contribution in [2.75, 3.05) is 29.5 Å². The smallest absolute Gasteiger partial charge is 0.340 e. The number of carbonyl (C=O) groups is 2. The first-order valence-electron chi connectivity index (χ1n) is 7.93. The van der Waals surface area contributed by atoms with E-state index in [4.69, 9.17) is 0 Å². The summed E-state index contributed by atoms with van der Waals surface area (Å²) in [7, 11) is -2.60. The van der Waals surface area contributed by atoms with Gasteiger partial charge in [0.25, 0.3) is 0 Å². The fraction of sp³-hybridized carbons (Fsp3) is 0.222. The van der Waals surface area contributed by atoms with Crippen LogP contribution in [0.3, 0.4) is 0 Å². The third-order valence-electron chi connectivity index (χ3n) is 3.67. The predicted octanol–water partition coefficient (Wildman–Crippen LogP) is 2.41. The van der Waals surface area contributed by atoms with Crippen molar-refractivity contribution in [3.8, 4) is 0 Å². The van der Waals surface area contributed by atoms with E-state index in [-0.39, 0.29) is 29.9 Å². The standard InChI is InChI=1S/C18H19FN2O5S/c1-26-18(23)13-7-3-6-10-16(13)21(27(2,24)25)12-11-17(22)20-15-9-5-4-8-14(15)19/h3-10H,11-12H2,1-2H3,(H,20,22). The summed E-state index contributed by atoms with van der Waals surface area (Å²) in [6.45, 7) is -0.229. The molecule has 144 valence electrons. The van der Waals surface area contributed by atoms with Crippen molar-refractivity contribution < 1.29 is 27.1 Å². The molecule has 0 aliphatic carbocycles. The molecule has 0 heterocycles. The van der Waals surface area contributed by atoms with Gasteiger partial charge in [-0.05, 0) is 24.3 Å². The molecule has 0 saturated carbocycles. The molecule has 2 aromatic carbocycles. The van der Waals surface area contributed by atoms with Gasteiger partial charge in [0.15, 0.2) is 0 Å². The van der Waals surface area contributed by atoms with Gasteiger partial charge in [0.1, 0.15) is 5.82 Å². The highest BCUT2D eigenvalue weighted by Crippen LogP contribution is 2.24. The SMILES string of the molecule is COC(=O)c1ccccc1N(CCC(=O)Nc1ccccc1F)S(C)(=O)=O. The molecule has 1 amide bonds. The fourth-order valence-corrected chi connectivity index (χ4v) is 3.36. The van der Waals surface area contributed by atoms with Gasteiger partial charge in [-0.15, -0.1) is 0 Å². The van der Waals surface area contributed by atoms with Crippen LogP contribution >= 0.6 is 0 Å². The van der Waals surface area contributed by atoms with Crippen LogP contribution in [0.2, 0.25) is 0 Å². The summed E-state index contributed by atoms with van der Waals surface area (Å²) in [4.78, 5) is 24.0. The maximum atomic E-state index is 13.6. The van der Waals surface area contributed by atoms with Gasteiger partial charge in [-0.1, -0.05) is 24.3 Å². The number of ether oxygens (including phenoxy) is 1. The topological polar surface area (TPSA) is 92.8 Å². The molecule has 9 heteroatoms. The third kappa shape index (κ3) is 5.27. The Kier molecular flexibility index (Phi) is 6.51. The molecule has 0 unspecified atom stereocenters. The number of esters is 1. The molecule has 1 N–H and O–H groups in total. The number of hydrogen-bond acceptors (Lipinski definition) is 5. The number of sulfonamides is 1. The first kappa shape index (κ1) is 20.4. The van der Waals surface area contributed by atoms with Gasteiger partial charge in [-0.25, -0.2) is 17.6 Å². The summed E-state index contributed by atoms with van der Waals surface area (Å²) in [5.41, 5.74) is 0.161. The van der Waals surface area contributed by atoms with Gasteiger partial charge in [0.2, 0.25) is 15.9 Å². The van der Waals surface area contributed by atoms with E-state index in [9.17, 15) is 22.4 Å². The lowest BCUT2D eigenvalue weighted by Crippen LogP contribution is -2.34. The summed E-state index contributed by atoms with van der Waals surface area (Å²) >= 11 is 0. The minimum absolute atomic E-state index is 0.00312. The average molecular weight is 394 g/mol. The van der Waals surface area contributed by atoms with Gasteiger partial charge in [-0.2, -0.15) is 0 Å². The average Bonchev–Trinajstić information content (AvgIpc) is 2.62. The number of para-hydroxylation sites is 2. The summed E-state index contributed by atoms with van der Waals surface area (Å²) < 4.78 is 43.6. The summed E-state index contributed by atoms with van der Waals surface area (Å²) in [5, 5.41) is 2.39. The van der Waals surface area contributed by atoms with Crippen LogP contribution in [0, 0.1) is 5.82 Å². The number of methoxy groups -OCH3 is 1. The predicted molar refractivity (Wildman–Crippen MR) is 99.6 cm³/mol. The van der Waals surface area contributed by atoms with Crippen LogP contribution in [-0.4, -0.2) is 40.2 Å². The van der Waals surface area contributed by atoms with Crippen LogP contribution in [0.25, 0.3) is 0 Å². The molecule has 0 aliphatic rings. The molecule has 7 nitrogen and oxygen atoms in total. The number of anilines is 2. The molecule has 0 aliphatic heterocycles. The molecule has 0 atom stereocenters. The van der Waals surface area contributed by atoms with Crippen molar-refractivity contribution in [3.63, 3.8) is 0 Å². The number of nitrogens with one attached hydrogen (secondary N) is 1. The second kappa shape index (κ2) is 8.63. The highest BCUT2D eigenvalue weighted by atomic mass is 32.2. The van der Waals surface area contributed by atoms with Crippen LogP contribution in [-0.2, 0) is 19.6 Å². The summed E-state index contributed by atoms with van der Waals surface area (Å²) in [5.74, 6) is -1.86. The van der Waals surface area contributed by atoms with E-state index in [2.05, 4.69) is 10.1 Å². The lowest BCUT2D eigenvalue weighted by molar-refractivity contribution is -0.116. The number of halogens is 1. The highest BCUT2D eigenvalue weighted by Gasteiger charge is 2.24. The number of benzene rings is 2. The molecular weight excluding hydrogens is 375 g/mol. The molecule has 0 radical (unpaired) electrons. The van der Waals surface area contributed by atoms with Gasteiger partial charge >= 0.3 is 5.97 Å². The quantitative estimate of drug-likeness (QED) is 0.728. The van der Waals surface area contributed by atoms with Crippen LogP contribution in [0.5, 0.6) is 0 Å². The Labute approximate surface area is 156 Å². The lowest BCUT2D eigenvalue weighted by Gasteiger charge is -2.24. The normalized spacial score (nSPS) is 10.9. The van der Waals surface area contributed by atoms with Crippen LogP contribution in [0.15, 0.2) is 48.5 Å². The fourth-order valence-electron chi connectivity index (χ4n) is 2.42. The Morgan fingerprint density at radius 1 is 1.11 bits per heavy atom. The molecule has 0 fully saturated rings. The Morgan fingerprint density at radius 2 is 1.74 bits per heavy atom. The number of carbonyl (C=O) groups excluding carboxylic acids is 2. The molecule has 0 aromatic heterocycles. The van der Waals surface area contributed by atoms with E-state index in [1.165, 1.54) is 37.4 Å². The van der Waals surface area contributed by atoms with Gasteiger partial charge in [0.05, 0.1) is 30.3 Å². The van der Waals surface area contributed by atoms with E-state index in [0.717, 1.165) is 10.6 Å². The van der Waals surface area contributed by atoms with E-state index in [1.54, 1.807) is 18.2 Å². The summed E-state index contributed by atoms with van der Waals surface area (Å²) in [6, 6.07) is 11.7. The highest BCUT2D eigenvalue weighted by molar-refractivity contribution is 7.92.